The van der Waals surface area contributed by atoms with Gasteiger partial charge in [0.1, 0.15) is 17.2 Å². The average molecular weight is 469 g/mol. The number of unbranched alkanes of at least 4 members (excludes halogenated alkanes) is 2. The monoisotopic (exact) mass is 468 g/mol. The molecule has 1 aliphatic heterocycles. The van der Waals surface area contributed by atoms with E-state index in [9.17, 15) is 9.59 Å². The SMILES string of the molecule is CCCCCOc1ccc([C@@H]2c3c(oc4ccc(C)cc4c3=O)C(=O)N2c2cc(C)ccn2)cc1. The first kappa shape index (κ1) is 22.8. The van der Waals surface area contributed by atoms with Crippen molar-refractivity contribution in [1.29, 1.82) is 0 Å². The lowest BCUT2D eigenvalue weighted by atomic mass is 9.98. The van der Waals surface area contributed by atoms with Gasteiger partial charge in [0.25, 0.3) is 5.91 Å². The first-order valence-electron chi connectivity index (χ1n) is 12.0. The summed E-state index contributed by atoms with van der Waals surface area (Å²) in [6.07, 6.45) is 4.93. The molecule has 0 saturated heterocycles. The van der Waals surface area contributed by atoms with Crippen LogP contribution in [0.25, 0.3) is 11.0 Å². The van der Waals surface area contributed by atoms with Gasteiger partial charge in [0, 0.05) is 6.20 Å². The molecule has 0 aliphatic carbocycles. The molecule has 0 spiro atoms. The molecule has 0 saturated carbocycles. The summed E-state index contributed by atoms with van der Waals surface area (Å²) in [6.45, 7) is 6.69. The third-order valence-electron chi connectivity index (χ3n) is 6.39. The summed E-state index contributed by atoms with van der Waals surface area (Å²) < 4.78 is 11.9. The van der Waals surface area contributed by atoms with E-state index in [-0.39, 0.29) is 17.1 Å². The molecule has 178 valence electrons. The molecule has 0 N–H and O–H groups in total. The average Bonchev–Trinajstić information content (AvgIpc) is 3.15. The smallest absolute Gasteiger partial charge is 0.296 e. The third-order valence-corrected chi connectivity index (χ3v) is 6.39. The Balaban J connectivity index is 1.63. The van der Waals surface area contributed by atoms with E-state index in [4.69, 9.17) is 9.15 Å². The van der Waals surface area contributed by atoms with E-state index in [2.05, 4.69) is 11.9 Å². The summed E-state index contributed by atoms with van der Waals surface area (Å²) in [4.78, 5) is 33.4. The lowest BCUT2D eigenvalue weighted by molar-refractivity contribution is 0.0970. The maximum atomic E-state index is 13.7. The fourth-order valence-corrected chi connectivity index (χ4v) is 4.58. The van der Waals surface area contributed by atoms with Crippen LogP contribution in [0.3, 0.4) is 0 Å². The number of nitrogens with zero attached hydrogens (tertiary/aromatic N) is 2. The minimum absolute atomic E-state index is 0.0690. The normalized spacial score (nSPS) is 15.0. The number of pyridine rings is 1. The van der Waals surface area contributed by atoms with Gasteiger partial charge in [-0.15, -0.1) is 0 Å². The number of fused-ring (bicyclic) bond motifs is 2. The Kier molecular flexibility index (Phi) is 6.12. The number of aryl methyl sites for hydroxylation is 2. The van der Waals surface area contributed by atoms with E-state index in [0.717, 1.165) is 41.7 Å². The predicted molar refractivity (Wildman–Crippen MR) is 136 cm³/mol. The molecular weight excluding hydrogens is 440 g/mol. The number of carbonyl (C=O) groups excluding carboxylic acids is 1. The highest BCUT2D eigenvalue weighted by Crippen LogP contribution is 2.41. The maximum Gasteiger partial charge on any atom is 0.296 e. The van der Waals surface area contributed by atoms with Crippen LogP contribution in [0.1, 0.15) is 65.0 Å². The molecule has 6 heteroatoms. The first-order valence-corrected chi connectivity index (χ1v) is 12.0. The van der Waals surface area contributed by atoms with Gasteiger partial charge in [-0.3, -0.25) is 14.5 Å². The van der Waals surface area contributed by atoms with E-state index >= 15 is 0 Å². The van der Waals surface area contributed by atoms with Crippen LogP contribution in [0, 0.1) is 13.8 Å². The molecule has 6 nitrogen and oxygen atoms in total. The number of amides is 1. The molecule has 1 aliphatic rings. The second-order valence-electron chi connectivity index (χ2n) is 9.07. The lowest BCUT2D eigenvalue weighted by Crippen LogP contribution is -2.30. The minimum Gasteiger partial charge on any atom is -0.494 e. The number of anilines is 1. The van der Waals surface area contributed by atoms with Crippen LogP contribution in [-0.4, -0.2) is 17.5 Å². The van der Waals surface area contributed by atoms with E-state index in [1.807, 2.05) is 62.4 Å². The van der Waals surface area contributed by atoms with Gasteiger partial charge in [-0.25, -0.2) is 4.98 Å². The molecule has 2 aromatic carbocycles. The van der Waals surface area contributed by atoms with Gasteiger partial charge in [0.05, 0.1) is 23.6 Å². The zero-order valence-electron chi connectivity index (χ0n) is 20.2. The zero-order chi connectivity index (χ0) is 24.5. The third kappa shape index (κ3) is 4.20. The van der Waals surface area contributed by atoms with Gasteiger partial charge < -0.3 is 9.15 Å². The number of hydrogen-bond donors (Lipinski definition) is 0. The first-order chi connectivity index (χ1) is 17.0. The van der Waals surface area contributed by atoms with Crippen LogP contribution in [-0.2, 0) is 0 Å². The van der Waals surface area contributed by atoms with Crippen LogP contribution in [0.2, 0.25) is 0 Å². The van der Waals surface area contributed by atoms with Crippen LogP contribution >= 0.6 is 0 Å². The Morgan fingerprint density at radius 3 is 2.49 bits per heavy atom. The zero-order valence-corrected chi connectivity index (χ0v) is 20.2. The molecule has 3 heterocycles. The number of aromatic nitrogens is 1. The Morgan fingerprint density at radius 1 is 0.971 bits per heavy atom. The molecule has 0 radical (unpaired) electrons. The van der Waals surface area contributed by atoms with Crippen molar-refractivity contribution in [2.24, 2.45) is 0 Å². The predicted octanol–water partition coefficient (Wildman–Crippen LogP) is 6.12. The highest BCUT2D eigenvalue weighted by Gasteiger charge is 2.44. The molecular formula is C29H28N2O4. The van der Waals surface area contributed by atoms with Gasteiger partial charge in [0.2, 0.25) is 5.76 Å². The van der Waals surface area contributed by atoms with Gasteiger partial charge in [0.15, 0.2) is 5.43 Å². The van der Waals surface area contributed by atoms with Gasteiger partial charge in [-0.1, -0.05) is 43.5 Å². The van der Waals surface area contributed by atoms with Gasteiger partial charge in [-0.05, 0) is 67.8 Å². The molecule has 5 rings (SSSR count). The van der Waals surface area contributed by atoms with Crippen molar-refractivity contribution in [3.63, 3.8) is 0 Å². The van der Waals surface area contributed by atoms with Crippen molar-refractivity contribution >= 4 is 22.7 Å². The largest absolute Gasteiger partial charge is 0.494 e. The summed E-state index contributed by atoms with van der Waals surface area (Å²) in [7, 11) is 0. The van der Waals surface area contributed by atoms with Crippen LogP contribution < -0.4 is 15.1 Å². The minimum atomic E-state index is -0.651. The number of rotatable bonds is 7. The topological polar surface area (TPSA) is 72.6 Å². The fourth-order valence-electron chi connectivity index (χ4n) is 4.58. The molecule has 35 heavy (non-hydrogen) atoms. The fraction of sp³-hybridized carbons (Fsp3) is 0.276. The molecule has 0 unspecified atom stereocenters. The highest BCUT2D eigenvalue weighted by molar-refractivity contribution is 6.10. The number of hydrogen-bond acceptors (Lipinski definition) is 5. The van der Waals surface area contributed by atoms with Crippen molar-refractivity contribution in [3.05, 3.63) is 99.0 Å². The Hall–Kier alpha value is -3.93. The van der Waals surface area contributed by atoms with Gasteiger partial charge >= 0.3 is 0 Å². The molecule has 1 atom stereocenters. The molecule has 1 amide bonds. The van der Waals surface area contributed by atoms with Gasteiger partial charge in [-0.2, -0.15) is 0 Å². The molecule has 2 aromatic heterocycles. The number of carbonyl (C=O) groups is 1. The van der Waals surface area contributed by atoms with Crippen molar-refractivity contribution in [1.82, 2.24) is 4.98 Å². The van der Waals surface area contributed by atoms with E-state index in [0.29, 0.717) is 29.0 Å². The van der Waals surface area contributed by atoms with Crippen LogP contribution in [0.15, 0.2) is 70.0 Å². The van der Waals surface area contributed by atoms with Crippen molar-refractivity contribution in [3.8, 4) is 5.75 Å². The van der Waals surface area contributed by atoms with Crippen molar-refractivity contribution in [2.75, 3.05) is 11.5 Å². The summed E-state index contributed by atoms with van der Waals surface area (Å²) in [6, 6.07) is 16.1. The van der Waals surface area contributed by atoms with E-state index in [1.54, 1.807) is 17.2 Å². The second kappa shape index (κ2) is 9.37. The van der Waals surface area contributed by atoms with Crippen molar-refractivity contribution in [2.45, 2.75) is 46.1 Å². The van der Waals surface area contributed by atoms with E-state index < -0.39 is 6.04 Å². The molecule has 0 fully saturated rings. The standard InChI is InChI=1S/C29H28N2O4/c1-4-5-6-15-34-21-10-8-20(9-11-21)26-25-27(32)22-16-18(2)7-12-23(22)35-28(25)29(33)31(26)24-17-19(3)13-14-30-24/h7-14,16-17,26H,4-6,15H2,1-3H3/t26-/m1/s1. The highest BCUT2D eigenvalue weighted by atomic mass is 16.5. The van der Waals surface area contributed by atoms with Crippen molar-refractivity contribution < 1.29 is 13.9 Å². The molecule has 4 aromatic rings. The van der Waals surface area contributed by atoms with E-state index in [1.165, 1.54) is 0 Å². The lowest BCUT2D eigenvalue weighted by Gasteiger charge is -2.24. The Labute approximate surface area is 204 Å². The Morgan fingerprint density at radius 2 is 1.74 bits per heavy atom. The van der Waals surface area contributed by atoms with Crippen LogP contribution in [0.5, 0.6) is 5.75 Å². The summed E-state index contributed by atoms with van der Waals surface area (Å²) in [5.41, 5.74) is 3.26. The number of benzene rings is 2. The molecule has 0 bridgehead atoms. The van der Waals surface area contributed by atoms with Crippen LogP contribution in [0.4, 0.5) is 5.82 Å². The second-order valence-corrected chi connectivity index (χ2v) is 9.07. The summed E-state index contributed by atoms with van der Waals surface area (Å²) in [5.74, 6) is 0.934. The quantitative estimate of drug-likeness (QED) is 0.305. The Bertz CT molecular complexity index is 1460. The number of ether oxygens (including phenoxy) is 1. The summed E-state index contributed by atoms with van der Waals surface area (Å²) >= 11 is 0. The summed E-state index contributed by atoms with van der Waals surface area (Å²) in [5, 5.41) is 0.469. The maximum absolute atomic E-state index is 13.7.